The van der Waals surface area contributed by atoms with Gasteiger partial charge in [-0.2, -0.15) is 4.31 Å². The molecule has 0 aliphatic carbocycles. The molecule has 3 aromatic rings. The number of thiophene rings is 1. The molecule has 2 aromatic carbocycles. The first-order valence-corrected chi connectivity index (χ1v) is 14.9. The molecule has 0 radical (unpaired) electrons. The molecule has 3 heterocycles. The molecule has 2 fully saturated rings. The maximum Gasteiger partial charge on any atom is 0.321 e. The number of urea groups is 1. The molecule has 1 aromatic heterocycles. The lowest BCUT2D eigenvalue weighted by atomic mass is 10.1. The maximum atomic E-state index is 13.8. The highest BCUT2D eigenvalue weighted by atomic mass is 32.2. The van der Waals surface area contributed by atoms with E-state index >= 15 is 0 Å². The average Bonchev–Trinajstić information content (AvgIpc) is 3.50. The van der Waals surface area contributed by atoms with E-state index < -0.39 is 16.1 Å². The molecule has 2 aliphatic rings. The summed E-state index contributed by atoms with van der Waals surface area (Å²) in [6.07, 6.45) is 0. The fourth-order valence-corrected chi connectivity index (χ4v) is 7.52. The zero-order valence-corrected chi connectivity index (χ0v) is 22.8. The molecule has 0 saturated carbocycles. The highest BCUT2D eigenvalue weighted by molar-refractivity contribution is 7.91. The van der Waals surface area contributed by atoms with Crippen molar-refractivity contribution in [3.8, 4) is 0 Å². The molecule has 0 spiro atoms. The second kappa shape index (κ2) is 11.1. The Kier molecular flexibility index (Phi) is 7.68. The van der Waals surface area contributed by atoms with E-state index in [-0.39, 0.29) is 35.8 Å². The van der Waals surface area contributed by atoms with Crippen LogP contribution in [0.1, 0.15) is 5.56 Å². The second-order valence-electron chi connectivity index (χ2n) is 9.45. The number of nitrogens with one attached hydrogen (secondary N) is 1. The van der Waals surface area contributed by atoms with Crippen molar-refractivity contribution in [3.63, 3.8) is 0 Å². The summed E-state index contributed by atoms with van der Waals surface area (Å²) in [6, 6.07) is 19.4. The van der Waals surface area contributed by atoms with Crippen LogP contribution in [0.15, 0.2) is 76.3 Å². The van der Waals surface area contributed by atoms with Crippen LogP contribution in [0.5, 0.6) is 0 Å². The molecular formula is C27H31N5O4S2. The lowest BCUT2D eigenvalue weighted by Gasteiger charge is -2.43. The van der Waals surface area contributed by atoms with Crippen LogP contribution in [0.2, 0.25) is 0 Å². The van der Waals surface area contributed by atoms with Gasteiger partial charge in [0.2, 0.25) is 5.91 Å². The van der Waals surface area contributed by atoms with Gasteiger partial charge in [0.05, 0.1) is 0 Å². The Morgan fingerprint density at radius 2 is 1.53 bits per heavy atom. The van der Waals surface area contributed by atoms with Gasteiger partial charge in [-0.1, -0.05) is 42.0 Å². The molecule has 11 heteroatoms. The van der Waals surface area contributed by atoms with E-state index in [1.807, 2.05) is 61.5 Å². The number of para-hydroxylation sites is 1. The van der Waals surface area contributed by atoms with Crippen molar-refractivity contribution in [2.24, 2.45) is 0 Å². The lowest BCUT2D eigenvalue weighted by molar-refractivity contribution is -0.137. The monoisotopic (exact) mass is 553 g/mol. The van der Waals surface area contributed by atoms with E-state index in [4.69, 9.17) is 0 Å². The molecule has 1 unspecified atom stereocenters. The zero-order valence-electron chi connectivity index (χ0n) is 21.2. The van der Waals surface area contributed by atoms with Crippen LogP contribution in [0.4, 0.5) is 16.2 Å². The summed E-state index contributed by atoms with van der Waals surface area (Å²) in [5.74, 6) is -0.273. The van der Waals surface area contributed by atoms with Gasteiger partial charge < -0.3 is 20.0 Å². The fraction of sp³-hybridized carbons (Fsp3) is 0.333. The maximum absolute atomic E-state index is 13.8. The van der Waals surface area contributed by atoms with E-state index in [9.17, 15) is 18.0 Å². The van der Waals surface area contributed by atoms with Gasteiger partial charge in [-0.25, -0.2) is 13.2 Å². The molecular weight excluding hydrogens is 522 g/mol. The number of hydrogen-bond acceptors (Lipinski definition) is 6. The molecule has 1 atom stereocenters. The number of sulfonamides is 1. The minimum absolute atomic E-state index is 0.0139. The summed E-state index contributed by atoms with van der Waals surface area (Å²) < 4.78 is 28.5. The highest BCUT2D eigenvalue weighted by Gasteiger charge is 2.43. The number of carbonyl (C=O) groups is 2. The third kappa shape index (κ3) is 5.54. The molecule has 200 valence electrons. The third-order valence-electron chi connectivity index (χ3n) is 6.98. The SMILES string of the molecule is Cc1ccc(NC(=O)N2CCN(S(=O)(=O)c3cccs3)C(C(=O)N3CCN(c4ccccc4)CC3)C2)cc1. The van der Waals surface area contributed by atoms with E-state index in [2.05, 4.69) is 10.2 Å². The first-order chi connectivity index (χ1) is 18.3. The molecule has 0 bridgehead atoms. The Labute approximate surface area is 227 Å². The predicted octanol–water partition coefficient (Wildman–Crippen LogP) is 3.31. The number of piperazine rings is 2. The summed E-state index contributed by atoms with van der Waals surface area (Å²) in [4.78, 5) is 32.4. The van der Waals surface area contributed by atoms with Crippen LogP contribution in [0, 0.1) is 6.92 Å². The van der Waals surface area contributed by atoms with Crippen LogP contribution in [0.25, 0.3) is 0 Å². The minimum atomic E-state index is -3.88. The third-order valence-corrected chi connectivity index (χ3v) is 10.3. The average molecular weight is 554 g/mol. The van der Waals surface area contributed by atoms with Crippen LogP contribution >= 0.6 is 11.3 Å². The minimum Gasteiger partial charge on any atom is -0.368 e. The summed E-state index contributed by atoms with van der Waals surface area (Å²) >= 11 is 1.13. The number of carbonyl (C=O) groups excluding carboxylic acids is 2. The van der Waals surface area contributed by atoms with Crippen molar-refractivity contribution in [3.05, 3.63) is 77.7 Å². The Bertz CT molecular complexity index is 1360. The van der Waals surface area contributed by atoms with Gasteiger partial charge in [0.1, 0.15) is 10.3 Å². The number of aryl methyl sites for hydroxylation is 1. The Balaban J connectivity index is 1.33. The Hall–Kier alpha value is -3.41. The van der Waals surface area contributed by atoms with Gasteiger partial charge in [-0.15, -0.1) is 11.3 Å². The summed E-state index contributed by atoms with van der Waals surface area (Å²) in [6.45, 7) is 4.44. The quantitative estimate of drug-likeness (QED) is 0.523. The van der Waals surface area contributed by atoms with E-state index in [0.717, 1.165) is 22.6 Å². The molecule has 9 nitrogen and oxygen atoms in total. The van der Waals surface area contributed by atoms with Gasteiger partial charge in [-0.05, 0) is 42.6 Å². The normalized spacial score (nSPS) is 18.9. The molecule has 3 amide bonds. The van der Waals surface area contributed by atoms with Gasteiger partial charge in [0.25, 0.3) is 10.0 Å². The van der Waals surface area contributed by atoms with Crippen molar-refractivity contribution in [2.75, 3.05) is 56.0 Å². The summed E-state index contributed by atoms with van der Waals surface area (Å²) in [5, 5.41) is 4.58. The first-order valence-electron chi connectivity index (χ1n) is 12.6. The van der Waals surface area contributed by atoms with Crippen molar-refractivity contribution < 1.29 is 18.0 Å². The smallest absolute Gasteiger partial charge is 0.321 e. The molecule has 5 rings (SSSR count). The largest absolute Gasteiger partial charge is 0.368 e. The number of anilines is 2. The van der Waals surface area contributed by atoms with Crippen LogP contribution in [0.3, 0.4) is 0 Å². The Morgan fingerprint density at radius 1 is 0.842 bits per heavy atom. The van der Waals surface area contributed by atoms with Crippen molar-refractivity contribution in [2.45, 2.75) is 17.2 Å². The van der Waals surface area contributed by atoms with Gasteiger partial charge in [0.15, 0.2) is 0 Å². The molecule has 2 aliphatic heterocycles. The van der Waals surface area contributed by atoms with E-state index in [1.54, 1.807) is 22.4 Å². The van der Waals surface area contributed by atoms with E-state index in [0.29, 0.717) is 31.9 Å². The number of rotatable bonds is 5. The summed E-state index contributed by atoms with van der Waals surface area (Å²) in [7, 11) is -3.88. The fourth-order valence-electron chi connectivity index (χ4n) is 4.84. The predicted molar refractivity (Wildman–Crippen MR) is 149 cm³/mol. The number of benzene rings is 2. The van der Waals surface area contributed by atoms with Crippen LogP contribution in [-0.4, -0.2) is 86.3 Å². The van der Waals surface area contributed by atoms with Crippen LogP contribution < -0.4 is 10.2 Å². The standard InChI is InChI=1S/C27H31N5O4S2/c1-21-9-11-22(12-10-21)28-27(34)31-17-18-32(38(35,36)25-8-5-19-37-25)24(20-31)26(33)30-15-13-29(14-16-30)23-6-3-2-4-7-23/h2-12,19,24H,13-18,20H2,1H3,(H,28,34). The molecule has 1 N–H and O–H groups in total. The number of nitrogens with zero attached hydrogens (tertiary/aromatic N) is 4. The van der Waals surface area contributed by atoms with Crippen LogP contribution in [-0.2, 0) is 14.8 Å². The van der Waals surface area contributed by atoms with E-state index in [1.165, 1.54) is 9.21 Å². The van der Waals surface area contributed by atoms with Gasteiger partial charge in [-0.3, -0.25) is 4.79 Å². The Morgan fingerprint density at radius 3 is 2.18 bits per heavy atom. The van der Waals surface area contributed by atoms with Crippen molar-refractivity contribution >= 4 is 44.7 Å². The zero-order chi connectivity index (χ0) is 26.7. The lowest BCUT2D eigenvalue weighted by Crippen LogP contribution is -2.63. The highest BCUT2D eigenvalue weighted by Crippen LogP contribution is 2.27. The number of amides is 3. The van der Waals surface area contributed by atoms with Crippen molar-refractivity contribution in [1.82, 2.24) is 14.1 Å². The van der Waals surface area contributed by atoms with Gasteiger partial charge in [0, 0.05) is 57.2 Å². The molecule has 2 saturated heterocycles. The molecule has 38 heavy (non-hydrogen) atoms. The topological polar surface area (TPSA) is 93.3 Å². The van der Waals surface area contributed by atoms with Crippen molar-refractivity contribution in [1.29, 1.82) is 0 Å². The summed E-state index contributed by atoms with van der Waals surface area (Å²) in [5.41, 5.74) is 2.82. The van der Waals surface area contributed by atoms with Gasteiger partial charge >= 0.3 is 6.03 Å². The number of hydrogen-bond donors (Lipinski definition) is 1. The first kappa shape index (κ1) is 26.2. The second-order valence-corrected chi connectivity index (χ2v) is 12.5.